The maximum atomic E-state index is 6.05. The monoisotopic (exact) mass is 256 g/mol. The van der Waals surface area contributed by atoms with Gasteiger partial charge in [-0.05, 0) is 45.5 Å². The Morgan fingerprint density at radius 2 is 2.00 bits per heavy atom. The van der Waals surface area contributed by atoms with Gasteiger partial charge < -0.3 is 15.4 Å². The van der Waals surface area contributed by atoms with Crippen LogP contribution >= 0.6 is 11.6 Å². The van der Waals surface area contributed by atoms with Crippen LogP contribution in [0.25, 0.3) is 0 Å². The van der Waals surface area contributed by atoms with Gasteiger partial charge in [0.15, 0.2) is 0 Å². The highest BCUT2D eigenvalue weighted by atomic mass is 35.5. The quantitative estimate of drug-likeness (QED) is 0.850. The lowest BCUT2D eigenvalue weighted by Gasteiger charge is -2.25. The zero-order chi connectivity index (χ0) is 13.1. The minimum atomic E-state index is 0.0151. The van der Waals surface area contributed by atoms with Gasteiger partial charge in [-0.3, -0.25) is 0 Å². The number of rotatable bonds is 5. The van der Waals surface area contributed by atoms with Gasteiger partial charge in [-0.2, -0.15) is 0 Å². The Balaban J connectivity index is 2.90. The SMILES string of the molecule is CNC(C)(C)CNc1cc(Cl)cc(C)c1OC. The molecule has 0 aromatic heterocycles. The lowest BCUT2D eigenvalue weighted by atomic mass is 10.1. The Morgan fingerprint density at radius 1 is 1.35 bits per heavy atom. The van der Waals surface area contributed by atoms with E-state index in [0.717, 1.165) is 23.5 Å². The van der Waals surface area contributed by atoms with Crippen molar-refractivity contribution < 1.29 is 4.74 Å². The zero-order valence-corrected chi connectivity index (χ0v) is 11.9. The van der Waals surface area contributed by atoms with Crippen LogP contribution in [-0.4, -0.2) is 26.2 Å². The van der Waals surface area contributed by atoms with Crippen LogP contribution in [0.1, 0.15) is 19.4 Å². The molecule has 0 unspecified atom stereocenters. The second-order valence-corrected chi connectivity index (χ2v) is 5.23. The van der Waals surface area contributed by atoms with Gasteiger partial charge in [0.25, 0.3) is 0 Å². The molecule has 3 nitrogen and oxygen atoms in total. The first-order valence-corrected chi connectivity index (χ1v) is 6.04. The lowest BCUT2D eigenvalue weighted by molar-refractivity contribution is 0.411. The van der Waals surface area contributed by atoms with E-state index in [0.29, 0.717) is 5.02 Å². The number of aryl methyl sites for hydroxylation is 1. The summed E-state index contributed by atoms with van der Waals surface area (Å²) in [6.45, 7) is 7.03. The molecular formula is C13H21ClN2O. The zero-order valence-electron chi connectivity index (χ0n) is 11.1. The smallest absolute Gasteiger partial charge is 0.144 e. The summed E-state index contributed by atoms with van der Waals surface area (Å²) in [5.41, 5.74) is 1.98. The molecule has 1 rings (SSSR count). The Kier molecular flexibility index (Phi) is 4.66. The van der Waals surface area contributed by atoms with Crippen molar-refractivity contribution in [2.45, 2.75) is 26.3 Å². The lowest BCUT2D eigenvalue weighted by Crippen LogP contribution is -2.42. The molecule has 96 valence electrons. The summed E-state index contributed by atoms with van der Waals surface area (Å²) in [4.78, 5) is 0. The maximum absolute atomic E-state index is 6.05. The Bertz CT molecular complexity index is 391. The Hall–Kier alpha value is -0.930. The van der Waals surface area contributed by atoms with Gasteiger partial charge in [0, 0.05) is 17.1 Å². The predicted octanol–water partition coefficient (Wildman–Crippen LogP) is 3.07. The van der Waals surface area contributed by atoms with E-state index < -0.39 is 0 Å². The molecule has 0 radical (unpaired) electrons. The number of ether oxygens (including phenoxy) is 1. The summed E-state index contributed by atoms with van der Waals surface area (Å²) in [5, 5.41) is 7.32. The molecule has 0 heterocycles. The van der Waals surface area contributed by atoms with Gasteiger partial charge in [-0.15, -0.1) is 0 Å². The molecular weight excluding hydrogens is 236 g/mol. The molecule has 4 heteroatoms. The van der Waals surface area contributed by atoms with E-state index in [4.69, 9.17) is 16.3 Å². The number of benzene rings is 1. The molecule has 0 aliphatic carbocycles. The van der Waals surface area contributed by atoms with Crippen LogP contribution in [0.3, 0.4) is 0 Å². The summed E-state index contributed by atoms with van der Waals surface area (Å²) in [6.07, 6.45) is 0. The summed E-state index contributed by atoms with van der Waals surface area (Å²) >= 11 is 6.05. The highest BCUT2D eigenvalue weighted by Crippen LogP contribution is 2.32. The minimum Gasteiger partial charge on any atom is -0.494 e. The molecule has 0 saturated carbocycles. The van der Waals surface area contributed by atoms with Crippen molar-refractivity contribution in [2.75, 3.05) is 26.0 Å². The number of anilines is 1. The van der Waals surface area contributed by atoms with Gasteiger partial charge >= 0.3 is 0 Å². The van der Waals surface area contributed by atoms with Crippen LogP contribution in [0.2, 0.25) is 5.02 Å². The van der Waals surface area contributed by atoms with Crippen molar-refractivity contribution in [3.05, 3.63) is 22.7 Å². The van der Waals surface area contributed by atoms with Crippen molar-refractivity contribution in [1.29, 1.82) is 0 Å². The molecule has 0 amide bonds. The molecule has 0 atom stereocenters. The summed E-state index contributed by atoms with van der Waals surface area (Å²) < 4.78 is 5.39. The third kappa shape index (κ3) is 3.79. The number of nitrogens with one attached hydrogen (secondary N) is 2. The fraction of sp³-hybridized carbons (Fsp3) is 0.538. The van der Waals surface area contributed by atoms with Gasteiger partial charge in [-0.25, -0.2) is 0 Å². The van der Waals surface area contributed by atoms with Gasteiger partial charge in [0.1, 0.15) is 5.75 Å². The number of likely N-dealkylation sites (N-methyl/N-ethyl adjacent to an activating group) is 1. The van der Waals surface area contributed by atoms with Gasteiger partial charge in [0.05, 0.1) is 12.8 Å². The molecule has 1 aromatic rings. The van der Waals surface area contributed by atoms with Crippen LogP contribution in [0, 0.1) is 6.92 Å². The van der Waals surface area contributed by atoms with E-state index >= 15 is 0 Å². The van der Waals surface area contributed by atoms with Crippen LogP contribution in [-0.2, 0) is 0 Å². The molecule has 0 fully saturated rings. The number of methoxy groups -OCH3 is 1. The second-order valence-electron chi connectivity index (χ2n) is 4.79. The molecule has 0 spiro atoms. The number of hydrogen-bond acceptors (Lipinski definition) is 3. The van der Waals surface area contributed by atoms with Crippen molar-refractivity contribution in [1.82, 2.24) is 5.32 Å². The molecule has 17 heavy (non-hydrogen) atoms. The van der Waals surface area contributed by atoms with E-state index in [-0.39, 0.29) is 5.54 Å². The molecule has 2 N–H and O–H groups in total. The molecule has 1 aromatic carbocycles. The first kappa shape index (κ1) is 14.1. The van der Waals surface area contributed by atoms with Gasteiger partial charge in [-0.1, -0.05) is 11.6 Å². The summed E-state index contributed by atoms with van der Waals surface area (Å²) in [7, 11) is 3.62. The standard InChI is InChI=1S/C13H21ClN2O/c1-9-6-10(14)7-11(12(9)17-5)16-8-13(2,3)15-4/h6-7,15-16H,8H2,1-5H3. The third-order valence-corrected chi connectivity index (χ3v) is 3.06. The molecule has 0 bridgehead atoms. The van der Waals surface area contributed by atoms with E-state index in [9.17, 15) is 0 Å². The summed E-state index contributed by atoms with van der Waals surface area (Å²) in [6, 6.07) is 3.79. The maximum Gasteiger partial charge on any atom is 0.144 e. The van der Waals surface area contributed by atoms with E-state index in [1.165, 1.54) is 0 Å². The van der Waals surface area contributed by atoms with Gasteiger partial charge in [0.2, 0.25) is 0 Å². The molecule has 0 aliphatic rings. The van der Waals surface area contributed by atoms with Crippen molar-refractivity contribution in [3.63, 3.8) is 0 Å². The van der Waals surface area contributed by atoms with Crippen LogP contribution in [0.15, 0.2) is 12.1 Å². The van der Waals surface area contributed by atoms with Crippen LogP contribution in [0.4, 0.5) is 5.69 Å². The van der Waals surface area contributed by atoms with Crippen LogP contribution in [0.5, 0.6) is 5.75 Å². The number of hydrogen-bond donors (Lipinski definition) is 2. The minimum absolute atomic E-state index is 0.0151. The Morgan fingerprint density at radius 3 is 2.53 bits per heavy atom. The number of halogens is 1. The second kappa shape index (κ2) is 5.61. The van der Waals surface area contributed by atoms with E-state index in [1.54, 1.807) is 7.11 Å². The van der Waals surface area contributed by atoms with Crippen molar-refractivity contribution in [3.8, 4) is 5.75 Å². The first-order chi connectivity index (χ1) is 7.89. The van der Waals surface area contributed by atoms with Crippen molar-refractivity contribution in [2.24, 2.45) is 0 Å². The average molecular weight is 257 g/mol. The topological polar surface area (TPSA) is 33.3 Å². The highest BCUT2D eigenvalue weighted by Gasteiger charge is 2.16. The normalized spacial score (nSPS) is 11.4. The Labute approximate surface area is 109 Å². The van der Waals surface area contributed by atoms with E-state index in [2.05, 4.69) is 24.5 Å². The fourth-order valence-corrected chi connectivity index (χ4v) is 1.81. The highest BCUT2D eigenvalue weighted by molar-refractivity contribution is 6.31. The van der Waals surface area contributed by atoms with E-state index in [1.807, 2.05) is 26.1 Å². The first-order valence-electron chi connectivity index (χ1n) is 5.66. The predicted molar refractivity (Wildman–Crippen MR) is 74.4 cm³/mol. The third-order valence-electron chi connectivity index (χ3n) is 2.84. The molecule has 0 aliphatic heterocycles. The molecule has 0 saturated heterocycles. The largest absolute Gasteiger partial charge is 0.494 e. The van der Waals surface area contributed by atoms with Crippen molar-refractivity contribution >= 4 is 17.3 Å². The fourth-order valence-electron chi connectivity index (χ4n) is 1.54. The average Bonchev–Trinajstić information content (AvgIpc) is 2.26. The van der Waals surface area contributed by atoms with Crippen LogP contribution < -0.4 is 15.4 Å². The summed E-state index contributed by atoms with van der Waals surface area (Å²) in [5.74, 6) is 0.848.